The molecule has 0 aromatic heterocycles. The number of nitriles is 2. The molecule has 0 aliphatic heterocycles. The zero-order valence-electron chi connectivity index (χ0n) is 2.39. The van der Waals surface area contributed by atoms with E-state index in [4.69, 9.17) is 10.5 Å². The molecule has 0 aliphatic carbocycles. The highest BCUT2D eigenvalue weighted by Gasteiger charge is 1.33. The number of hydrogen-bond donors (Lipinski definition) is 0. The first-order valence-corrected chi connectivity index (χ1v) is 0.947. The van der Waals surface area contributed by atoms with Crippen LogP contribution in [0.15, 0.2) is 0 Å². The summed E-state index contributed by atoms with van der Waals surface area (Å²) in [5.74, 6) is 0. The lowest BCUT2D eigenvalue weighted by Crippen LogP contribution is -1.49. The van der Waals surface area contributed by atoms with Crippen LogP contribution in [0, 0.1) is 29.1 Å². The molecule has 0 aromatic rings. The van der Waals surface area contributed by atoms with E-state index in [0.717, 1.165) is 0 Å². The number of nitrogens with zero attached hydrogens (tertiary/aromatic N) is 2. The summed E-state index contributed by atoms with van der Waals surface area (Å²) in [6.07, 6.45) is 1.72. The lowest BCUT2D eigenvalue weighted by atomic mass is 10.5. The average Bonchev–Trinajstić information content (AvgIpc) is 1.41. The van der Waals surface area contributed by atoms with E-state index in [1.165, 1.54) is 12.1 Å². The van der Waals surface area contributed by atoms with E-state index in [9.17, 15) is 0 Å². The van der Waals surface area contributed by atoms with E-state index in [2.05, 4.69) is 0 Å². The van der Waals surface area contributed by atoms with Crippen LogP contribution in [0.1, 0.15) is 0 Å². The molecular formula is C3N2-. The summed E-state index contributed by atoms with van der Waals surface area (Å²) in [5.41, 5.74) is 0. The molecule has 0 saturated heterocycles. The van der Waals surface area contributed by atoms with Crippen LogP contribution in [0.5, 0.6) is 0 Å². The Hall–Kier alpha value is -1.15. The van der Waals surface area contributed by atoms with Crippen LogP contribution in [0.4, 0.5) is 0 Å². The summed E-state index contributed by atoms with van der Waals surface area (Å²) >= 11 is 0. The van der Waals surface area contributed by atoms with Crippen LogP contribution >= 0.6 is 0 Å². The van der Waals surface area contributed by atoms with Crippen molar-refractivity contribution in [3.8, 4) is 12.1 Å². The van der Waals surface area contributed by atoms with E-state index < -0.39 is 0 Å². The molecule has 0 saturated carbocycles. The minimum absolute atomic E-state index is 1.41. The molecule has 23 valence electrons. The predicted octanol–water partition coefficient (Wildman–Crippen LogP) is 0.115. The van der Waals surface area contributed by atoms with Gasteiger partial charge in [0, 0.05) is 0 Å². The maximum Gasteiger partial charge on any atom is -0.115 e. The lowest BCUT2D eigenvalue weighted by Gasteiger charge is -1.73. The van der Waals surface area contributed by atoms with Crippen molar-refractivity contribution < 1.29 is 0 Å². The Morgan fingerprint density at radius 3 is 1.60 bits per heavy atom. The maximum atomic E-state index is 7.48. The molecule has 1 radical (unpaired) electrons. The molecule has 0 aliphatic rings. The zero-order chi connectivity index (χ0) is 4.12. The zero-order valence-corrected chi connectivity index (χ0v) is 2.39. The average molecular weight is 64.0 g/mol. The Morgan fingerprint density at radius 2 is 1.60 bits per heavy atom. The molecular weight excluding hydrogens is 64.0 g/mol. The second kappa shape index (κ2) is 2.85. The van der Waals surface area contributed by atoms with Crippen molar-refractivity contribution in [1.29, 1.82) is 10.5 Å². The van der Waals surface area contributed by atoms with Gasteiger partial charge in [0.2, 0.25) is 0 Å². The SMILES string of the molecule is N#C[C-]C#N. The Bertz CT molecular complexity index is 70.0. The third-order valence-electron chi connectivity index (χ3n) is 0.112. The molecule has 0 rings (SSSR count). The van der Waals surface area contributed by atoms with Gasteiger partial charge in [-0.15, -0.1) is 12.1 Å². The van der Waals surface area contributed by atoms with Crippen molar-refractivity contribution in [3.05, 3.63) is 6.42 Å². The standard InChI is InChI=1S/C3N2/c4-2-1-3-5/q-1. The van der Waals surface area contributed by atoms with E-state index in [1.54, 1.807) is 6.42 Å². The summed E-state index contributed by atoms with van der Waals surface area (Å²) in [6.45, 7) is 0. The molecule has 0 N–H and O–H groups in total. The van der Waals surface area contributed by atoms with Gasteiger partial charge < -0.3 is 0 Å². The second-order valence-electron chi connectivity index (χ2n) is 0.349. The molecule has 0 unspecified atom stereocenters. The lowest BCUT2D eigenvalue weighted by molar-refractivity contribution is 1.47. The predicted molar refractivity (Wildman–Crippen MR) is 14.5 cm³/mol. The van der Waals surface area contributed by atoms with Gasteiger partial charge >= 0.3 is 0 Å². The van der Waals surface area contributed by atoms with Gasteiger partial charge in [-0.2, -0.15) is 0 Å². The van der Waals surface area contributed by atoms with Crippen LogP contribution in [-0.4, -0.2) is 0 Å². The van der Waals surface area contributed by atoms with E-state index in [1.807, 2.05) is 0 Å². The Balaban J connectivity index is 2.86. The molecule has 0 aromatic carbocycles. The first-order valence-electron chi connectivity index (χ1n) is 0.947. The van der Waals surface area contributed by atoms with Gasteiger partial charge in [-0.25, -0.2) is 10.5 Å². The van der Waals surface area contributed by atoms with E-state index in [-0.39, 0.29) is 0 Å². The van der Waals surface area contributed by atoms with Gasteiger partial charge in [-0.3, -0.25) is 6.42 Å². The van der Waals surface area contributed by atoms with Crippen LogP contribution < -0.4 is 0 Å². The van der Waals surface area contributed by atoms with Crippen molar-refractivity contribution in [2.24, 2.45) is 0 Å². The van der Waals surface area contributed by atoms with Crippen LogP contribution in [-0.2, 0) is 0 Å². The fourth-order valence-electron chi connectivity index (χ4n) is 0.0250. The van der Waals surface area contributed by atoms with Crippen LogP contribution in [0.3, 0.4) is 0 Å². The smallest absolute Gasteiger partial charge is 0.115 e. The summed E-state index contributed by atoms with van der Waals surface area (Å²) in [5, 5.41) is 15.0. The van der Waals surface area contributed by atoms with Gasteiger partial charge in [0.25, 0.3) is 0 Å². The van der Waals surface area contributed by atoms with Crippen LogP contribution in [0.25, 0.3) is 0 Å². The molecule has 0 atom stereocenters. The summed E-state index contributed by atoms with van der Waals surface area (Å²) < 4.78 is 0. The normalized spacial score (nSPS) is 3.60. The molecule has 0 amide bonds. The molecule has 0 fully saturated rings. The van der Waals surface area contributed by atoms with Gasteiger partial charge in [-0.1, -0.05) is 0 Å². The summed E-state index contributed by atoms with van der Waals surface area (Å²) in [4.78, 5) is 0. The van der Waals surface area contributed by atoms with Gasteiger partial charge in [0.1, 0.15) is 0 Å². The molecule has 0 bridgehead atoms. The van der Waals surface area contributed by atoms with Crippen molar-refractivity contribution in [2.75, 3.05) is 0 Å². The highest BCUT2D eigenvalue weighted by Crippen LogP contribution is 1.57. The maximum absolute atomic E-state index is 7.48. The Kier molecular flexibility index (Phi) is 2.19. The highest BCUT2D eigenvalue weighted by atomic mass is 14.3. The largest absolute Gasteiger partial charge is 0.299 e. The van der Waals surface area contributed by atoms with Gasteiger partial charge in [0.15, 0.2) is 0 Å². The number of rotatable bonds is 0. The van der Waals surface area contributed by atoms with Crippen LogP contribution in [0.2, 0.25) is 0 Å². The minimum atomic E-state index is 1.41. The van der Waals surface area contributed by atoms with Crippen molar-refractivity contribution >= 4 is 0 Å². The molecule has 5 heavy (non-hydrogen) atoms. The molecule has 0 spiro atoms. The van der Waals surface area contributed by atoms with E-state index in [0.29, 0.717) is 0 Å². The minimum Gasteiger partial charge on any atom is -0.299 e. The highest BCUT2D eigenvalue weighted by molar-refractivity contribution is 5.08. The quantitative estimate of drug-likeness (QED) is 0.375. The molecule has 2 nitrogen and oxygen atoms in total. The Morgan fingerprint density at radius 1 is 1.20 bits per heavy atom. The number of hydrogen-bond acceptors (Lipinski definition) is 2. The monoisotopic (exact) mass is 64.0 g/mol. The Labute approximate surface area is 30.3 Å². The fraction of sp³-hybridized carbons (Fsp3) is 0. The van der Waals surface area contributed by atoms with Crippen molar-refractivity contribution in [2.45, 2.75) is 0 Å². The second-order valence-corrected chi connectivity index (χ2v) is 0.349. The first kappa shape index (κ1) is 3.85. The summed E-state index contributed by atoms with van der Waals surface area (Å²) in [6, 6.07) is 2.81. The van der Waals surface area contributed by atoms with Gasteiger partial charge in [0.05, 0.1) is 0 Å². The first-order chi connectivity index (χ1) is 2.41. The summed E-state index contributed by atoms with van der Waals surface area (Å²) in [7, 11) is 0. The third-order valence-corrected chi connectivity index (χ3v) is 0.112. The van der Waals surface area contributed by atoms with Crippen molar-refractivity contribution in [1.82, 2.24) is 0 Å². The van der Waals surface area contributed by atoms with Gasteiger partial charge in [-0.05, 0) is 0 Å². The molecule has 0 heterocycles. The molecule has 2 heteroatoms. The topological polar surface area (TPSA) is 47.6 Å². The fourth-order valence-corrected chi connectivity index (χ4v) is 0.0250. The van der Waals surface area contributed by atoms with Crippen molar-refractivity contribution in [3.63, 3.8) is 0 Å². The van der Waals surface area contributed by atoms with E-state index >= 15 is 0 Å². The third kappa shape index (κ3) is 2.85.